The average Bonchev–Trinajstić information content (AvgIpc) is 2.70. The number of hydrogen-bond donors (Lipinski definition) is 2. The van der Waals surface area contributed by atoms with Gasteiger partial charge in [0.2, 0.25) is 0 Å². The fourth-order valence-electron chi connectivity index (χ4n) is 1.51. The molecule has 1 aromatic carbocycles. The van der Waals surface area contributed by atoms with E-state index in [1.165, 1.54) is 11.8 Å². The highest BCUT2D eigenvalue weighted by Gasteiger charge is 2.31. The van der Waals surface area contributed by atoms with Gasteiger partial charge in [-0.15, -0.1) is 11.8 Å². The molecule has 0 unspecified atom stereocenters. The first-order valence-corrected chi connectivity index (χ1v) is 5.68. The first kappa shape index (κ1) is 11.3. The molecule has 86 valence electrons. The topological polar surface area (TPSA) is 49.3 Å². The molecule has 1 aliphatic rings. The number of rotatable bonds is 2. The number of carbonyl (C=O) groups is 1. The number of carboxylic acid groups (broad SMARTS) is 1. The van der Waals surface area contributed by atoms with Crippen LogP contribution in [-0.4, -0.2) is 22.9 Å². The molecule has 0 amide bonds. The first-order valence-electron chi connectivity index (χ1n) is 4.63. The first-order chi connectivity index (χ1) is 7.58. The molecule has 1 fully saturated rings. The quantitative estimate of drug-likeness (QED) is 0.833. The zero-order chi connectivity index (χ0) is 11.7. The lowest BCUT2D eigenvalue weighted by Crippen LogP contribution is -2.33. The van der Waals surface area contributed by atoms with E-state index >= 15 is 0 Å². The SMILES string of the molecule is O=C(O)[C@H]1CS[C@H](c2cc(F)ccc2F)N1. The second-order valence-electron chi connectivity index (χ2n) is 3.44. The molecule has 1 saturated heterocycles. The van der Waals surface area contributed by atoms with Crippen LogP contribution < -0.4 is 5.32 Å². The average molecular weight is 245 g/mol. The number of halogens is 2. The van der Waals surface area contributed by atoms with Gasteiger partial charge in [-0.3, -0.25) is 10.1 Å². The van der Waals surface area contributed by atoms with Crippen LogP contribution in [0, 0.1) is 11.6 Å². The Kier molecular flexibility index (Phi) is 3.11. The molecule has 1 aliphatic heterocycles. The van der Waals surface area contributed by atoms with Gasteiger partial charge in [0.1, 0.15) is 17.7 Å². The Morgan fingerprint density at radius 3 is 2.88 bits per heavy atom. The molecule has 0 spiro atoms. The minimum Gasteiger partial charge on any atom is -0.480 e. The molecule has 16 heavy (non-hydrogen) atoms. The van der Waals surface area contributed by atoms with E-state index in [4.69, 9.17) is 5.11 Å². The van der Waals surface area contributed by atoms with Crippen molar-refractivity contribution in [3.63, 3.8) is 0 Å². The minimum atomic E-state index is -0.980. The van der Waals surface area contributed by atoms with Crippen LogP contribution in [0.4, 0.5) is 8.78 Å². The lowest BCUT2D eigenvalue weighted by molar-refractivity contribution is -0.138. The van der Waals surface area contributed by atoms with Crippen molar-refractivity contribution >= 4 is 17.7 Å². The second-order valence-corrected chi connectivity index (χ2v) is 4.57. The Morgan fingerprint density at radius 1 is 1.50 bits per heavy atom. The van der Waals surface area contributed by atoms with Crippen LogP contribution in [0.3, 0.4) is 0 Å². The minimum absolute atomic E-state index is 0.161. The summed E-state index contributed by atoms with van der Waals surface area (Å²) >= 11 is 1.26. The van der Waals surface area contributed by atoms with Crippen molar-refractivity contribution < 1.29 is 18.7 Å². The Bertz CT molecular complexity index is 427. The predicted molar refractivity (Wildman–Crippen MR) is 56.1 cm³/mol. The van der Waals surface area contributed by atoms with Crippen LogP contribution in [0.25, 0.3) is 0 Å². The molecule has 2 rings (SSSR count). The molecule has 0 saturated carbocycles. The van der Waals surface area contributed by atoms with E-state index in [1.807, 2.05) is 0 Å². The van der Waals surface area contributed by atoms with E-state index in [2.05, 4.69) is 5.32 Å². The van der Waals surface area contributed by atoms with Crippen LogP contribution >= 0.6 is 11.8 Å². The number of carboxylic acids is 1. The van der Waals surface area contributed by atoms with Crippen LogP contribution in [0.5, 0.6) is 0 Å². The lowest BCUT2D eigenvalue weighted by atomic mass is 10.2. The van der Waals surface area contributed by atoms with E-state index in [1.54, 1.807) is 0 Å². The maximum Gasteiger partial charge on any atom is 0.321 e. The van der Waals surface area contributed by atoms with Crippen molar-refractivity contribution in [3.8, 4) is 0 Å². The number of nitrogens with one attached hydrogen (secondary N) is 1. The van der Waals surface area contributed by atoms with Gasteiger partial charge in [0.05, 0.1) is 5.37 Å². The molecular formula is C10H9F2NO2S. The van der Waals surface area contributed by atoms with Crippen molar-refractivity contribution in [1.29, 1.82) is 0 Å². The molecule has 0 radical (unpaired) electrons. The van der Waals surface area contributed by atoms with Crippen molar-refractivity contribution in [2.75, 3.05) is 5.75 Å². The third-order valence-electron chi connectivity index (χ3n) is 2.32. The van der Waals surface area contributed by atoms with Gasteiger partial charge >= 0.3 is 5.97 Å². The fraction of sp³-hybridized carbons (Fsp3) is 0.300. The highest BCUT2D eigenvalue weighted by atomic mass is 32.2. The summed E-state index contributed by atoms with van der Waals surface area (Å²) in [6.45, 7) is 0. The van der Waals surface area contributed by atoms with Gasteiger partial charge in [-0.05, 0) is 18.2 Å². The molecule has 2 atom stereocenters. The largest absolute Gasteiger partial charge is 0.480 e. The number of aliphatic carboxylic acids is 1. The summed E-state index contributed by atoms with van der Waals surface area (Å²) < 4.78 is 26.3. The molecular weight excluding hydrogens is 236 g/mol. The summed E-state index contributed by atoms with van der Waals surface area (Å²) in [5.74, 6) is -1.70. The Labute approximate surface area is 94.8 Å². The van der Waals surface area contributed by atoms with Gasteiger partial charge in [0.25, 0.3) is 0 Å². The Morgan fingerprint density at radius 2 is 2.25 bits per heavy atom. The third-order valence-corrected chi connectivity index (χ3v) is 3.57. The maximum absolute atomic E-state index is 13.4. The predicted octanol–water partition coefficient (Wildman–Crippen LogP) is 1.75. The molecule has 0 aromatic heterocycles. The number of hydrogen-bond acceptors (Lipinski definition) is 3. The summed E-state index contributed by atoms with van der Waals surface area (Å²) in [4.78, 5) is 10.7. The zero-order valence-corrected chi connectivity index (χ0v) is 8.93. The molecule has 1 aromatic rings. The molecule has 2 N–H and O–H groups in total. The van der Waals surface area contributed by atoms with Crippen LogP contribution in [0.1, 0.15) is 10.9 Å². The highest BCUT2D eigenvalue weighted by Crippen LogP contribution is 2.34. The van der Waals surface area contributed by atoms with Crippen LogP contribution in [0.15, 0.2) is 18.2 Å². The lowest BCUT2D eigenvalue weighted by Gasteiger charge is -2.12. The summed E-state index contributed by atoms with van der Waals surface area (Å²) in [6, 6.07) is 2.45. The summed E-state index contributed by atoms with van der Waals surface area (Å²) in [7, 11) is 0. The highest BCUT2D eigenvalue weighted by molar-refractivity contribution is 7.99. The molecule has 6 heteroatoms. The van der Waals surface area contributed by atoms with Crippen LogP contribution in [-0.2, 0) is 4.79 Å². The van der Waals surface area contributed by atoms with Gasteiger partial charge < -0.3 is 5.11 Å². The van der Waals surface area contributed by atoms with Gasteiger partial charge in [0, 0.05) is 11.3 Å². The van der Waals surface area contributed by atoms with Gasteiger partial charge in [0.15, 0.2) is 0 Å². The van der Waals surface area contributed by atoms with Crippen molar-refractivity contribution in [1.82, 2.24) is 5.32 Å². The van der Waals surface area contributed by atoms with E-state index < -0.39 is 29.0 Å². The molecule has 1 heterocycles. The third kappa shape index (κ3) is 2.17. The summed E-state index contributed by atoms with van der Waals surface area (Å²) in [5, 5.41) is 11.0. The van der Waals surface area contributed by atoms with E-state index in [-0.39, 0.29) is 5.56 Å². The van der Waals surface area contributed by atoms with Gasteiger partial charge in [-0.1, -0.05) is 0 Å². The van der Waals surface area contributed by atoms with Crippen LogP contribution in [0.2, 0.25) is 0 Å². The second kappa shape index (κ2) is 4.39. The summed E-state index contributed by atoms with van der Waals surface area (Å²) in [6.07, 6.45) is 0. The zero-order valence-electron chi connectivity index (χ0n) is 8.11. The van der Waals surface area contributed by atoms with E-state index in [9.17, 15) is 13.6 Å². The summed E-state index contributed by atoms with van der Waals surface area (Å²) in [5.41, 5.74) is 0.161. The van der Waals surface area contributed by atoms with E-state index in [0.717, 1.165) is 18.2 Å². The van der Waals surface area contributed by atoms with Crippen molar-refractivity contribution in [2.24, 2.45) is 0 Å². The van der Waals surface area contributed by atoms with Gasteiger partial charge in [-0.25, -0.2) is 8.78 Å². The standard InChI is InChI=1S/C10H9F2NO2S/c11-5-1-2-7(12)6(3-5)9-13-8(4-16-9)10(14)15/h1-3,8-9,13H,4H2,(H,14,15)/t8-,9-/m1/s1. The molecule has 0 aliphatic carbocycles. The molecule has 3 nitrogen and oxygen atoms in total. The van der Waals surface area contributed by atoms with Gasteiger partial charge in [-0.2, -0.15) is 0 Å². The van der Waals surface area contributed by atoms with Crippen molar-refractivity contribution in [2.45, 2.75) is 11.4 Å². The van der Waals surface area contributed by atoms with Crippen molar-refractivity contribution in [3.05, 3.63) is 35.4 Å². The fourth-order valence-corrected chi connectivity index (χ4v) is 2.75. The van der Waals surface area contributed by atoms with E-state index in [0.29, 0.717) is 5.75 Å². The Balaban J connectivity index is 2.20. The monoisotopic (exact) mass is 245 g/mol. The normalized spacial score (nSPS) is 24.6. The smallest absolute Gasteiger partial charge is 0.321 e. The number of benzene rings is 1. The molecule has 0 bridgehead atoms. The maximum atomic E-state index is 13.4. The Hall–Kier alpha value is -1.14. The number of thioether (sulfide) groups is 1.